The van der Waals surface area contributed by atoms with Gasteiger partial charge < -0.3 is 20.0 Å². The number of thiocarbonyl (C=S) groups is 1. The average Bonchev–Trinajstić information content (AvgIpc) is 2.26. The minimum Gasteiger partial charge on any atom is -0.444 e. The first-order valence-electron chi connectivity index (χ1n) is 5.57. The molecule has 0 atom stereocenters. The summed E-state index contributed by atoms with van der Waals surface area (Å²) in [6, 6.07) is 0. The molecule has 0 spiro atoms. The number of carbonyl (C=O) groups excluding carboxylic acids is 1. The average molecular weight is 260 g/mol. The third-order valence-corrected chi connectivity index (χ3v) is 2.72. The predicted octanol–water partition coefficient (Wildman–Crippen LogP) is 0.287. The fraction of sp³-hybridized carbons (Fsp3) is 0.800. The standard InChI is InChI=1S/C10H20N4O2S/c1-10(2,3)16-9(15)14-6-4-13(5-7-14)8(17)12-11/h4-7,11H2,1-3H3,(H,12,17). The molecule has 0 aromatic carbocycles. The normalized spacial score (nSPS) is 16.7. The smallest absolute Gasteiger partial charge is 0.410 e. The van der Waals surface area contributed by atoms with Gasteiger partial charge in [0, 0.05) is 26.2 Å². The van der Waals surface area contributed by atoms with Crippen LogP contribution in [0.4, 0.5) is 4.79 Å². The van der Waals surface area contributed by atoms with Gasteiger partial charge in [-0.25, -0.2) is 10.6 Å². The molecule has 6 nitrogen and oxygen atoms in total. The van der Waals surface area contributed by atoms with Gasteiger partial charge in [-0.1, -0.05) is 0 Å². The Balaban J connectivity index is 2.42. The van der Waals surface area contributed by atoms with Crippen LogP contribution in [0.2, 0.25) is 0 Å². The molecule has 1 saturated heterocycles. The number of nitrogens with zero attached hydrogens (tertiary/aromatic N) is 2. The highest BCUT2D eigenvalue weighted by Gasteiger charge is 2.26. The second-order valence-corrected chi connectivity index (χ2v) is 5.29. The monoisotopic (exact) mass is 260 g/mol. The molecule has 0 aromatic rings. The molecule has 0 aliphatic carbocycles. The number of nitrogens with two attached hydrogens (primary N) is 1. The van der Waals surface area contributed by atoms with Crippen LogP contribution in [-0.2, 0) is 4.74 Å². The minimum absolute atomic E-state index is 0.274. The zero-order chi connectivity index (χ0) is 13.1. The number of nitrogens with one attached hydrogen (secondary N) is 1. The van der Waals surface area contributed by atoms with Crippen LogP contribution < -0.4 is 11.3 Å². The molecule has 0 unspecified atom stereocenters. The van der Waals surface area contributed by atoms with Crippen molar-refractivity contribution in [1.82, 2.24) is 15.2 Å². The second-order valence-electron chi connectivity index (χ2n) is 4.90. The van der Waals surface area contributed by atoms with E-state index in [2.05, 4.69) is 5.43 Å². The molecule has 0 radical (unpaired) electrons. The van der Waals surface area contributed by atoms with E-state index in [4.69, 9.17) is 22.8 Å². The summed E-state index contributed by atoms with van der Waals surface area (Å²) in [6.07, 6.45) is -0.274. The van der Waals surface area contributed by atoms with Gasteiger partial charge in [-0.05, 0) is 33.0 Å². The summed E-state index contributed by atoms with van der Waals surface area (Å²) in [6.45, 7) is 8.09. The lowest BCUT2D eigenvalue weighted by Gasteiger charge is -2.36. The van der Waals surface area contributed by atoms with E-state index in [1.165, 1.54) is 0 Å². The lowest BCUT2D eigenvalue weighted by molar-refractivity contribution is 0.0187. The highest BCUT2D eigenvalue weighted by atomic mass is 32.1. The van der Waals surface area contributed by atoms with Gasteiger partial charge in [0.25, 0.3) is 0 Å². The first kappa shape index (κ1) is 14.0. The third kappa shape index (κ3) is 4.35. The highest BCUT2D eigenvalue weighted by molar-refractivity contribution is 7.80. The second kappa shape index (κ2) is 5.50. The maximum Gasteiger partial charge on any atom is 0.410 e. The van der Waals surface area contributed by atoms with Crippen molar-refractivity contribution in [3.63, 3.8) is 0 Å². The number of rotatable bonds is 0. The van der Waals surface area contributed by atoms with Crippen LogP contribution in [-0.4, -0.2) is 52.8 Å². The van der Waals surface area contributed by atoms with Gasteiger partial charge in [-0.2, -0.15) is 0 Å². The fourth-order valence-electron chi connectivity index (χ4n) is 1.51. The molecule has 17 heavy (non-hydrogen) atoms. The van der Waals surface area contributed by atoms with E-state index in [1.54, 1.807) is 4.90 Å². The Morgan fingerprint density at radius 1 is 1.24 bits per heavy atom. The van der Waals surface area contributed by atoms with Gasteiger partial charge >= 0.3 is 6.09 Å². The largest absolute Gasteiger partial charge is 0.444 e. The van der Waals surface area contributed by atoms with Crippen molar-refractivity contribution in [3.05, 3.63) is 0 Å². The molecule has 1 rings (SSSR count). The Bertz CT molecular complexity index is 295. The summed E-state index contributed by atoms with van der Waals surface area (Å²) in [5.41, 5.74) is 1.98. The number of piperazine rings is 1. The lowest BCUT2D eigenvalue weighted by atomic mass is 10.2. The van der Waals surface area contributed by atoms with Crippen LogP contribution in [0.3, 0.4) is 0 Å². The van der Waals surface area contributed by atoms with Crippen LogP contribution in [0.15, 0.2) is 0 Å². The first-order chi connectivity index (χ1) is 7.83. The summed E-state index contributed by atoms with van der Waals surface area (Å²) in [5, 5.41) is 0.508. The molecule has 0 aromatic heterocycles. The molecule has 98 valence electrons. The Morgan fingerprint density at radius 3 is 2.12 bits per heavy atom. The van der Waals surface area contributed by atoms with Crippen molar-refractivity contribution in [3.8, 4) is 0 Å². The van der Waals surface area contributed by atoms with Gasteiger partial charge in [-0.15, -0.1) is 0 Å². The van der Waals surface area contributed by atoms with E-state index in [0.29, 0.717) is 31.3 Å². The van der Waals surface area contributed by atoms with Crippen molar-refractivity contribution in [2.24, 2.45) is 5.84 Å². The Kier molecular flexibility index (Phi) is 4.53. The first-order valence-corrected chi connectivity index (χ1v) is 5.98. The number of amides is 1. The van der Waals surface area contributed by atoms with E-state index >= 15 is 0 Å². The summed E-state index contributed by atoms with van der Waals surface area (Å²) < 4.78 is 5.29. The quantitative estimate of drug-likeness (QED) is 0.370. The molecule has 1 fully saturated rings. The van der Waals surface area contributed by atoms with E-state index in [9.17, 15) is 4.79 Å². The molecular weight excluding hydrogens is 240 g/mol. The number of hydrogen-bond donors (Lipinski definition) is 2. The molecular formula is C10H20N4O2S. The molecule has 1 aliphatic rings. The van der Waals surface area contributed by atoms with Crippen molar-refractivity contribution in [2.45, 2.75) is 26.4 Å². The summed E-state index contributed by atoms with van der Waals surface area (Å²) in [7, 11) is 0. The van der Waals surface area contributed by atoms with Gasteiger partial charge in [-0.3, -0.25) is 0 Å². The van der Waals surface area contributed by atoms with Gasteiger partial charge in [0.1, 0.15) is 5.60 Å². The van der Waals surface area contributed by atoms with E-state index in [-0.39, 0.29) is 6.09 Å². The van der Waals surface area contributed by atoms with Crippen molar-refractivity contribution < 1.29 is 9.53 Å². The minimum atomic E-state index is -0.456. The number of carbonyl (C=O) groups is 1. The number of hydrogen-bond acceptors (Lipinski definition) is 4. The molecule has 1 amide bonds. The molecule has 3 N–H and O–H groups in total. The Hall–Kier alpha value is -1.08. The van der Waals surface area contributed by atoms with E-state index in [1.807, 2.05) is 25.7 Å². The zero-order valence-electron chi connectivity index (χ0n) is 10.5. The molecule has 1 heterocycles. The zero-order valence-corrected chi connectivity index (χ0v) is 11.3. The highest BCUT2D eigenvalue weighted by Crippen LogP contribution is 2.11. The van der Waals surface area contributed by atoms with Crippen LogP contribution >= 0.6 is 12.2 Å². The molecule has 1 aliphatic heterocycles. The SMILES string of the molecule is CC(C)(C)OC(=O)N1CCN(C(=S)NN)CC1. The van der Waals surface area contributed by atoms with Crippen LogP contribution in [0.1, 0.15) is 20.8 Å². The van der Waals surface area contributed by atoms with Crippen molar-refractivity contribution >= 4 is 23.4 Å². The van der Waals surface area contributed by atoms with Gasteiger partial charge in [0.15, 0.2) is 5.11 Å². The van der Waals surface area contributed by atoms with Crippen LogP contribution in [0.25, 0.3) is 0 Å². The predicted molar refractivity (Wildman–Crippen MR) is 69.3 cm³/mol. The molecule has 7 heteroatoms. The number of ether oxygens (including phenoxy) is 1. The van der Waals surface area contributed by atoms with Crippen LogP contribution in [0.5, 0.6) is 0 Å². The Morgan fingerprint density at radius 2 is 1.71 bits per heavy atom. The summed E-state index contributed by atoms with van der Waals surface area (Å²) in [5.74, 6) is 5.24. The molecule has 0 saturated carbocycles. The fourth-order valence-corrected chi connectivity index (χ4v) is 1.69. The maximum absolute atomic E-state index is 11.8. The third-order valence-electron chi connectivity index (χ3n) is 2.34. The summed E-state index contributed by atoms with van der Waals surface area (Å²) in [4.78, 5) is 15.4. The van der Waals surface area contributed by atoms with Crippen molar-refractivity contribution in [1.29, 1.82) is 0 Å². The summed E-state index contributed by atoms with van der Waals surface area (Å²) >= 11 is 5.02. The molecule has 0 bridgehead atoms. The van der Waals surface area contributed by atoms with Gasteiger partial charge in [0.2, 0.25) is 0 Å². The maximum atomic E-state index is 11.8. The van der Waals surface area contributed by atoms with E-state index < -0.39 is 5.60 Å². The van der Waals surface area contributed by atoms with E-state index in [0.717, 1.165) is 0 Å². The lowest BCUT2D eigenvalue weighted by Crippen LogP contribution is -2.54. The Labute approximate surface area is 107 Å². The van der Waals surface area contributed by atoms with Crippen molar-refractivity contribution in [2.75, 3.05) is 26.2 Å². The number of hydrazine groups is 1. The topological polar surface area (TPSA) is 70.8 Å². The van der Waals surface area contributed by atoms with Gasteiger partial charge in [0.05, 0.1) is 0 Å². The van der Waals surface area contributed by atoms with Crippen LogP contribution in [0, 0.1) is 0 Å².